The van der Waals surface area contributed by atoms with E-state index in [4.69, 9.17) is 34.6 Å². The van der Waals surface area contributed by atoms with E-state index in [9.17, 15) is 37.2 Å². The van der Waals surface area contributed by atoms with Crippen LogP contribution in [-0.2, 0) is 68.3 Å². The molecule has 5 amide bonds. The Labute approximate surface area is 860 Å². The summed E-state index contributed by atoms with van der Waals surface area (Å²) >= 11 is 0. The molecular weight excluding hydrogens is 1840 g/mol. The van der Waals surface area contributed by atoms with Crippen molar-refractivity contribution in [3.8, 4) is 0 Å². The van der Waals surface area contributed by atoms with Crippen LogP contribution in [0.2, 0.25) is 0 Å². The number of carbonyl (C=O) groups excluding carboxylic acids is 5. The average Bonchev–Trinajstić information content (AvgIpc) is 1.76. The van der Waals surface area contributed by atoms with E-state index in [0.717, 1.165) is 169 Å². The Morgan fingerprint density at radius 2 is 0.874 bits per heavy atom. The van der Waals surface area contributed by atoms with Crippen molar-refractivity contribution < 1.29 is 61.2 Å². The summed E-state index contributed by atoms with van der Waals surface area (Å²) in [5, 5.41) is 41.3. The number of fused-ring (bicyclic) bond motifs is 1. The highest BCUT2D eigenvalue weighted by Crippen LogP contribution is 2.35. The molecule has 3 atom stereocenters. The lowest BCUT2D eigenvalue weighted by Crippen LogP contribution is -2.55. The summed E-state index contributed by atoms with van der Waals surface area (Å²) < 4.78 is 49.8. The maximum atomic E-state index is 11.7. The first-order valence-corrected chi connectivity index (χ1v) is 53.9. The predicted octanol–water partition coefficient (Wildman–Crippen LogP) is 7.51. The van der Waals surface area contributed by atoms with Crippen LogP contribution in [0.15, 0.2) is 40.2 Å². The highest BCUT2D eigenvalue weighted by molar-refractivity contribution is 7.88. The van der Waals surface area contributed by atoms with E-state index in [1.807, 2.05) is 24.0 Å². The Morgan fingerprint density at radius 1 is 0.483 bits per heavy atom. The zero-order chi connectivity index (χ0) is 108. The molecule has 824 valence electrons. The third kappa shape index (κ3) is 44.1. The number of rotatable bonds is 12. The summed E-state index contributed by atoms with van der Waals surface area (Å²) in [5.41, 5.74) is 8.45. The maximum absolute atomic E-state index is 11.7. The van der Waals surface area contributed by atoms with Crippen molar-refractivity contribution in [3.63, 3.8) is 0 Å². The van der Waals surface area contributed by atoms with E-state index in [2.05, 4.69) is 319 Å². The van der Waals surface area contributed by atoms with Crippen molar-refractivity contribution >= 4 is 39.6 Å². The largest absolute Gasteiger partial charge is 0.434 e. The fourth-order valence-corrected chi connectivity index (χ4v) is 18.5. The Kier molecular flexibility index (Phi) is 49.2. The molecule has 14 heterocycles. The van der Waals surface area contributed by atoms with Crippen LogP contribution < -0.4 is 21.5 Å². The number of likely N-dealkylation sites (tertiary alicyclic amines) is 4. The summed E-state index contributed by atoms with van der Waals surface area (Å²) in [6.07, 6.45) is 13.1. The Bertz CT molecular complexity index is 4480. The Morgan fingerprint density at radius 3 is 1.24 bits per heavy atom. The number of hydrogen-bond acceptors (Lipinski definition) is 29. The number of morpholine rings is 3. The van der Waals surface area contributed by atoms with Crippen molar-refractivity contribution in [1.29, 1.82) is 0 Å². The highest BCUT2D eigenvalue weighted by atomic mass is 32.2. The van der Waals surface area contributed by atoms with Gasteiger partial charge in [0.2, 0.25) is 39.5 Å². The van der Waals surface area contributed by atoms with Crippen molar-refractivity contribution in [3.05, 3.63) is 64.8 Å². The summed E-state index contributed by atoms with van der Waals surface area (Å²) in [7, 11) is 4.16. The number of aryl methyl sites for hydroxylation is 1. The maximum Gasteiger partial charge on any atom is 0.434 e. The lowest BCUT2D eigenvalue weighted by molar-refractivity contribution is -0.149. The van der Waals surface area contributed by atoms with E-state index in [-0.39, 0.29) is 111 Å². The zero-order valence-electron chi connectivity index (χ0n) is 95.1. The smallest absolute Gasteiger partial charge is 0.392 e. The number of aliphatic hydroxyl groups is 2. The Hall–Kier alpha value is -6.84. The second-order valence-corrected chi connectivity index (χ2v) is 51.3. The molecule has 0 spiro atoms. The first kappa shape index (κ1) is 127. The van der Waals surface area contributed by atoms with Crippen LogP contribution in [0.4, 0.5) is 0 Å². The number of hydrogen-bond donors (Lipinski definition) is 7. The fraction of sp³-hybridized carbons (Fsp3) is 0.854. The normalized spacial score (nSPS) is 21.4. The molecule has 8 N–H and O–H groups in total. The van der Waals surface area contributed by atoms with Gasteiger partial charge in [-0.15, -0.1) is 15.3 Å². The number of aromatic nitrogens is 9. The molecule has 14 rings (SSSR count). The minimum Gasteiger partial charge on any atom is -0.392 e. The van der Waals surface area contributed by atoms with E-state index in [1.54, 1.807) is 42.2 Å². The number of primary amides is 1. The summed E-state index contributed by atoms with van der Waals surface area (Å²) in [6.45, 7) is 91.0. The monoisotopic (exact) mass is 2040 g/mol. The SMILES string of the molecule is CC(C)(C)N1CC(c2ccn[nH]2)C1.CC(C)(C)N1CCC(CCNS(C)(=O)=O)CC1.CC(C)(C)N1CCC(c2n[nH]c(=O)o2)CC1.CC(C)(C)N1CCN(C(=O)CO)CC1.CC(C)(C)N1CCN(C(=O)CO)CC1.CC(C)(C)N1CCOC(C(N)=O)C1.CC(C)(C)N1CCn2ccnc2C1.CN(C)C(=O)C1CN(C(C)(C)C)CCO1.CNC(=O)C1CN(C(C)(C)C)CCO1.Cn1cnnc1C1CN(C(C)(C)C)C1. The van der Waals surface area contributed by atoms with E-state index >= 15 is 0 Å². The van der Waals surface area contributed by atoms with Crippen LogP contribution in [0.5, 0.6) is 0 Å². The molecule has 9 saturated heterocycles. The van der Waals surface area contributed by atoms with Gasteiger partial charge in [0, 0.05) is 263 Å². The lowest BCUT2D eigenvalue weighted by Gasteiger charge is -2.47. The van der Waals surface area contributed by atoms with Crippen molar-refractivity contribution in [1.82, 2.24) is 118 Å². The molecule has 40 heteroatoms. The minimum atomic E-state index is -3.02. The first-order valence-electron chi connectivity index (χ1n) is 52.0. The molecular formula is C103H197N25O14S. The topological polar surface area (TPSA) is 416 Å². The molecule has 3 unspecified atom stereocenters. The predicted molar refractivity (Wildman–Crippen MR) is 567 cm³/mol. The number of nitrogens with two attached hydrogens (primary N) is 1. The van der Waals surface area contributed by atoms with Gasteiger partial charge in [0.1, 0.15) is 49.5 Å². The van der Waals surface area contributed by atoms with Gasteiger partial charge >= 0.3 is 5.76 Å². The fourth-order valence-electron chi connectivity index (χ4n) is 18.0. The van der Waals surface area contributed by atoms with Crippen LogP contribution in [0.1, 0.15) is 281 Å². The van der Waals surface area contributed by atoms with E-state index in [0.29, 0.717) is 75.2 Å². The molecule has 9 fully saturated rings. The van der Waals surface area contributed by atoms with Gasteiger partial charge in [0.15, 0.2) is 0 Å². The van der Waals surface area contributed by atoms with Gasteiger partial charge in [-0.3, -0.25) is 78.1 Å². The number of piperidine rings is 2. The van der Waals surface area contributed by atoms with Crippen molar-refractivity contribution in [2.75, 3.05) is 218 Å². The van der Waals surface area contributed by atoms with Gasteiger partial charge in [-0.25, -0.2) is 28.0 Å². The molecule has 0 bridgehead atoms. The number of aliphatic hydroxyl groups excluding tert-OH is 2. The molecule has 4 aromatic heterocycles. The van der Waals surface area contributed by atoms with Crippen molar-refractivity contribution in [2.24, 2.45) is 18.7 Å². The molecule has 143 heavy (non-hydrogen) atoms. The number of nitrogens with one attached hydrogen (secondary N) is 4. The van der Waals surface area contributed by atoms with Gasteiger partial charge in [0.05, 0.1) is 32.6 Å². The molecule has 0 saturated carbocycles. The average molecular weight is 2040 g/mol. The third-order valence-electron chi connectivity index (χ3n) is 28.2. The van der Waals surface area contributed by atoms with Crippen molar-refractivity contribution in [2.45, 2.75) is 344 Å². The second kappa shape index (κ2) is 55.6. The molecule has 0 radical (unpaired) electrons. The number of amides is 5. The van der Waals surface area contributed by atoms with Crippen LogP contribution in [0.25, 0.3) is 0 Å². The molecule has 10 aliphatic heterocycles. The lowest BCUT2D eigenvalue weighted by atomic mass is 9.90. The molecule has 10 aliphatic rings. The second-order valence-electron chi connectivity index (χ2n) is 49.5. The number of nitrogens with zero attached hydrogens (tertiary/aromatic N) is 20. The number of sulfonamides is 1. The number of H-pyrrole nitrogens is 2. The van der Waals surface area contributed by atoms with Gasteiger partial charge in [-0.1, -0.05) is 0 Å². The number of aromatic amines is 2. The quantitative estimate of drug-likeness (QED) is 0.0721. The minimum absolute atomic E-state index is 0.0287. The number of carbonyl (C=O) groups is 5. The van der Waals surface area contributed by atoms with E-state index < -0.39 is 21.9 Å². The number of piperazine rings is 2. The molecule has 39 nitrogen and oxygen atoms in total. The molecule has 0 aliphatic carbocycles. The number of imidazole rings is 1. The van der Waals surface area contributed by atoms with E-state index in [1.165, 1.54) is 30.6 Å². The van der Waals surface area contributed by atoms with Crippen LogP contribution in [-0.4, -0.2) is 448 Å². The zero-order valence-corrected chi connectivity index (χ0v) is 95.9. The van der Waals surface area contributed by atoms with Crippen LogP contribution in [0.3, 0.4) is 0 Å². The third-order valence-corrected chi connectivity index (χ3v) is 28.9. The standard InChI is InChI=1S/C12H26N2O2S.C11H19N3O2.C11H22N2O2.C10H18N4.2C10H17N3.3C10H20N2O2.C9H18N2O2/c1-12(2,3)14-9-6-11(7-10-14)5-8-13-17(4,15)16;1-11(2,3)14-6-4-8(5-7-14)9-12-13-10(15)16-9;1-11(2,3)13-6-7-15-9(8-13)10(14)12(4)5;1-10(2,3)14-5-8(6-14)9-12-11-7-13(9)4;1-10(2,3)13-6-8(7-13)9-4-5-11-12-9;1-10(2,3)13-7-6-12-5-4-11-9(12)8-13;1-10(2,3)12-5-6-14-8(7-12)9(13)11-4;2*1-10(2,3)12-6-4-11(5-7-12)9(14)8-13;1-9(2,3)11-4-5-13-7(6-11)8(10)12/h11,13H,5-10H2,1-4H3;8H,4-7H2,1-3H3,(H,13,15);9H,6-8H2,1-5H3;7-8H,5-6H2,1-4H3;4-5,8H,6-7H2,1-3H3,(H,11,12);4-5H,6-8H2,1-3H3;8H,5-7H2,1-4H3,(H,11,13);2*13H,4-8H2,1-3H3;7H,4-6H2,1-3H3,(H2,10,12). The molecule has 4 aromatic rings. The van der Waals surface area contributed by atoms with Crippen LogP contribution >= 0.6 is 0 Å². The van der Waals surface area contributed by atoms with Gasteiger partial charge < -0.3 is 63.7 Å². The summed E-state index contributed by atoms with van der Waals surface area (Å²) in [5.74, 6) is 3.98. The number of likely N-dealkylation sites (N-methyl/N-ethyl adjacent to an activating group) is 2. The first-order chi connectivity index (χ1) is 65.8. The number of ether oxygens (including phenoxy) is 3. The van der Waals surface area contributed by atoms with Gasteiger partial charge in [-0.05, 0) is 278 Å². The summed E-state index contributed by atoms with van der Waals surface area (Å²) in [4.78, 5) is 100. The Balaban J connectivity index is 0.000000280. The highest BCUT2D eigenvalue weighted by Gasteiger charge is 2.41. The van der Waals surface area contributed by atoms with Crippen LogP contribution in [0, 0.1) is 5.92 Å². The molecule has 0 aromatic carbocycles. The summed E-state index contributed by atoms with van der Waals surface area (Å²) in [6, 6.07) is 2.07. The van der Waals surface area contributed by atoms with Gasteiger partial charge in [-0.2, -0.15) is 5.10 Å². The van der Waals surface area contributed by atoms with Gasteiger partial charge in [0.25, 0.3) is 5.91 Å².